The molecule has 0 spiro atoms. The highest BCUT2D eigenvalue weighted by Crippen LogP contribution is 2.34. The fourth-order valence-corrected chi connectivity index (χ4v) is 2.65. The summed E-state index contributed by atoms with van der Waals surface area (Å²) < 4.78 is 0. The highest BCUT2D eigenvalue weighted by Gasteiger charge is 2.38. The Bertz CT molecular complexity index is 234. The molecule has 0 radical (unpaired) electrons. The zero-order chi connectivity index (χ0) is 11.4. The van der Waals surface area contributed by atoms with Gasteiger partial charge in [0, 0.05) is 6.04 Å². The van der Waals surface area contributed by atoms with E-state index in [0.717, 1.165) is 18.9 Å². The van der Waals surface area contributed by atoms with Crippen LogP contribution in [0.1, 0.15) is 51.9 Å². The van der Waals surface area contributed by atoms with Gasteiger partial charge >= 0.3 is 0 Å². The van der Waals surface area contributed by atoms with Gasteiger partial charge in [-0.05, 0) is 38.1 Å². The summed E-state index contributed by atoms with van der Waals surface area (Å²) in [5.74, 6) is 1.00. The second-order valence-electron chi connectivity index (χ2n) is 5.26. The third-order valence-corrected chi connectivity index (χ3v) is 3.79. The molecular formula is C13H24N2O. The second kappa shape index (κ2) is 5.67. The topological polar surface area (TPSA) is 41.1 Å². The maximum absolute atomic E-state index is 12.0. The zero-order valence-corrected chi connectivity index (χ0v) is 10.3. The van der Waals surface area contributed by atoms with Crippen LogP contribution >= 0.6 is 0 Å². The van der Waals surface area contributed by atoms with Crippen molar-refractivity contribution in [2.24, 2.45) is 5.92 Å². The van der Waals surface area contributed by atoms with E-state index in [-0.39, 0.29) is 11.9 Å². The van der Waals surface area contributed by atoms with Crippen LogP contribution in [0.3, 0.4) is 0 Å². The van der Waals surface area contributed by atoms with Crippen molar-refractivity contribution in [2.75, 3.05) is 6.54 Å². The van der Waals surface area contributed by atoms with E-state index in [1.165, 1.54) is 38.5 Å². The van der Waals surface area contributed by atoms with Crippen LogP contribution in [0.2, 0.25) is 0 Å². The Morgan fingerprint density at radius 3 is 3.06 bits per heavy atom. The predicted molar refractivity (Wildman–Crippen MR) is 65.2 cm³/mol. The third kappa shape index (κ3) is 3.21. The minimum atomic E-state index is 0.0744. The van der Waals surface area contributed by atoms with Crippen molar-refractivity contribution in [3.8, 4) is 0 Å². The van der Waals surface area contributed by atoms with Crippen LogP contribution in [0, 0.1) is 5.92 Å². The van der Waals surface area contributed by atoms with E-state index in [0.29, 0.717) is 6.04 Å². The van der Waals surface area contributed by atoms with Gasteiger partial charge < -0.3 is 10.6 Å². The number of carbonyl (C=O) groups excluding carboxylic acids is 1. The molecule has 3 nitrogen and oxygen atoms in total. The zero-order valence-electron chi connectivity index (χ0n) is 10.3. The van der Waals surface area contributed by atoms with Gasteiger partial charge in [-0.25, -0.2) is 0 Å². The Morgan fingerprint density at radius 1 is 1.38 bits per heavy atom. The minimum Gasteiger partial charge on any atom is -0.352 e. The van der Waals surface area contributed by atoms with Crippen molar-refractivity contribution in [1.82, 2.24) is 10.6 Å². The molecule has 3 unspecified atom stereocenters. The molecule has 2 rings (SSSR count). The van der Waals surface area contributed by atoms with Gasteiger partial charge in [0.05, 0.1) is 6.04 Å². The Balaban J connectivity index is 1.71. The molecule has 3 atom stereocenters. The maximum Gasteiger partial charge on any atom is 0.237 e. The van der Waals surface area contributed by atoms with Crippen LogP contribution in [-0.4, -0.2) is 24.5 Å². The monoisotopic (exact) mass is 224 g/mol. The molecule has 16 heavy (non-hydrogen) atoms. The van der Waals surface area contributed by atoms with Gasteiger partial charge in [-0.15, -0.1) is 0 Å². The van der Waals surface area contributed by atoms with Crippen LogP contribution in [0.25, 0.3) is 0 Å². The van der Waals surface area contributed by atoms with Crippen molar-refractivity contribution in [3.63, 3.8) is 0 Å². The van der Waals surface area contributed by atoms with E-state index < -0.39 is 0 Å². The first-order valence-corrected chi connectivity index (χ1v) is 6.85. The summed E-state index contributed by atoms with van der Waals surface area (Å²) in [7, 11) is 0. The summed E-state index contributed by atoms with van der Waals surface area (Å²) in [4.78, 5) is 12.0. The predicted octanol–water partition coefficient (Wildman–Crippen LogP) is 1.82. The van der Waals surface area contributed by atoms with Crippen LogP contribution in [0.4, 0.5) is 0 Å². The van der Waals surface area contributed by atoms with Gasteiger partial charge in [-0.2, -0.15) is 0 Å². The average molecular weight is 224 g/mol. The molecule has 1 saturated heterocycles. The minimum absolute atomic E-state index is 0.0744. The van der Waals surface area contributed by atoms with Crippen LogP contribution in [0.5, 0.6) is 0 Å². The fraction of sp³-hybridized carbons (Fsp3) is 0.923. The van der Waals surface area contributed by atoms with Crippen molar-refractivity contribution >= 4 is 5.91 Å². The Kier molecular flexibility index (Phi) is 4.22. The third-order valence-electron chi connectivity index (χ3n) is 3.79. The number of hydrogen-bond acceptors (Lipinski definition) is 2. The number of amides is 1. The van der Waals surface area contributed by atoms with Gasteiger partial charge in [-0.3, -0.25) is 4.79 Å². The highest BCUT2D eigenvalue weighted by molar-refractivity contribution is 5.82. The lowest BCUT2D eigenvalue weighted by atomic mass is 10.1. The Morgan fingerprint density at radius 2 is 2.25 bits per heavy atom. The first-order chi connectivity index (χ1) is 7.81. The molecule has 2 N–H and O–H groups in total. The molecule has 0 bridgehead atoms. The lowest BCUT2D eigenvalue weighted by Gasteiger charge is -2.15. The summed E-state index contributed by atoms with van der Waals surface area (Å²) in [5.41, 5.74) is 0. The fourth-order valence-electron chi connectivity index (χ4n) is 2.65. The average Bonchev–Trinajstić information content (AvgIpc) is 3.02. The van der Waals surface area contributed by atoms with Crippen molar-refractivity contribution in [3.05, 3.63) is 0 Å². The lowest BCUT2D eigenvalue weighted by molar-refractivity contribution is -0.123. The van der Waals surface area contributed by atoms with Crippen molar-refractivity contribution < 1.29 is 4.79 Å². The van der Waals surface area contributed by atoms with E-state index in [9.17, 15) is 4.79 Å². The molecule has 3 heteroatoms. The first kappa shape index (κ1) is 11.9. The largest absolute Gasteiger partial charge is 0.352 e. The Hall–Kier alpha value is -0.570. The van der Waals surface area contributed by atoms with Crippen LogP contribution < -0.4 is 10.6 Å². The first-order valence-electron chi connectivity index (χ1n) is 6.85. The van der Waals surface area contributed by atoms with E-state index in [1.807, 2.05) is 0 Å². The molecule has 92 valence electrons. The molecule has 0 aromatic carbocycles. The number of carbonyl (C=O) groups is 1. The van der Waals surface area contributed by atoms with E-state index >= 15 is 0 Å². The molecule has 1 amide bonds. The van der Waals surface area contributed by atoms with Crippen LogP contribution in [0.15, 0.2) is 0 Å². The SMILES string of the molecule is CCCC1CC1NC(=O)C1CCCCCN1. The van der Waals surface area contributed by atoms with Gasteiger partial charge in [0.15, 0.2) is 0 Å². The number of rotatable bonds is 4. The van der Waals surface area contributed by atoms with Crippen molar-refractivity contribution in [2.45, 2.75) is 64.0 Å². The summed E-state index contributed by atoms with van der Waals surface area (Å²) in [6, 6.07) is 0.558. The normalized spacial score (nSPS) is 34.2. The molecule has 2 aliphatic rings. The Labute approximate surface area is 98.4 Å². The summed E-state index contributed by atoms with van der Waals surface area (Å²) in [5, 5.41) is 6.53. The molecule has 0 aromatic heterocycles. The molecule has 0 aromatic rings. The summed E-state index contributed by atoms with van der Waals surface area (Å²) in [6.45, 7) is 3.21. The van der Waals surface area contributed by atoms with E-state index in [1.54, 1.807) is 0 Å². The molecule has 1 saturated carbocycles. The van der Waals surface area contributed by atoms with E-state index in [2.05, 4.69) is 17.6 Å². The quantitative estimate of drug-likeness (QED) is 0.765. The smallest absolute Gasteiger partial charge is 0.237 e. The highest BCUT2D eigenvalue weighted by atomic mass is 16.2. The molecule has 1 aliphatic heterocycles. The molecular weight excluding hydrogens is 200 g/mol. The summed E-state index contributed by atoms with van der Waals surface area (Å²) in [6.07, 6.45) is 8.38. The lowest BCUT2D eigenvalue weighted by Crippen LogP contribution is -2.44. The molecule has 2 fully saturated rings. The van der Waals surface area contributed by atoms with Crippen LogP contribution in [-0.2, 0) is 4.79 Å². The molecule has 1 heterocycles. The summed E-state index contributed by atoms with van der Waals surface area (Å²) >= 11 is 0. The second-order valence-corrected chi connectivity index (χ2v) is 5.26. The number of hydrogen-bond donors (Lipinski definition) is 2. The van der Waals surface area contributed by atoms with Crippen molar-refractivity contribution in [1.29, 1.82) is 0 Å². The molecule has 1 aliphatic carbocycles. The van der Waals surface area contributed by atoms with E-state index in [4.69, 9.17) is 0 Å². The standard InChI is InChI=1S/C13H24N2O/c1-2-6-10-9-12(10)15-13(16)11-7-4-3-5-8-14-11/h10-12,14H,2-9H2,1H3,(H,15,16). The van der Waals surface area contributed by atoms with Gasteiger partial charge in [0.1, 0.15) is 0 Å². The maximum atomic E-state index is 12.0. The number of nitrogens with one attached hydrogen (secondary N) is 2. The van der Waals surface area contributed by atoms with Gasteiger partial charge in [0.25, 0.3) is 0 Å². The van der Waals surface area contributed by atoms with Gasteiger partial charge in [0.2, 0.25) is 5.91 Å². The van der Waals surface area contributed by atoms with Gasteiger partial charge in [-0.1, -0.05) is 26.2 Å².